The molecule has 0 radical (unpaired) electrons. The van der Waals surface area contributed by atoms with Crippen LogP contribution in [0.3, 0.4) is 0 Å². The first kappa shape index (κ1) is 19.7. The van der Waals surface area contributed by atoms with Gasteiger partial charge in [0.05, 0.1) is 18.8 Å². The molecule has 24 heavy (non-hydrogen) atoms. The molecule has 0 bridgehead atoms. The minimum absolute atomic E-state index is 0.396. The molecule has 6 nitrogen and oxygen atoms in total. The monoisotopic (exact) mass is 332 g/mol. The van der Waals surface area contributed by atoms with Crippen molar-refractivity contribution in [2.45, 2.75) is 45.4 Å². The number of hydroxylamine groups is 1. The van der Waals surface area contributed by atoms with E-state index in [-0.39, 0.29) is 0 Å². The lowest BCUT2D eigenvalue weighted by Crippen LogP contribution is -2.54. The summed E-state index contributed by atoms with van der Waals surface area (Å²) in [5.41, 5.74) is 2.83. The van der Waals surface area contributed by atoms with Gasteiger partial charge < -0.3 is 10.1 Å². The normalized spacial score (nSPS) is 13.5. The van der Waals surface area contributed by atoms with Crippen molar-refractivity contribution in [3.8, 4) is 12.3 Å². The summed E-state index contributed by atoms with van der Waals surface area (Å²) >= 11 is 0. The van der Waals surface area contributed by atoms with Crippen LogP contribution in [-0.2, 0) is 14.4 Å². The van der Waals surface area contributed by atoms with Crippen LogP contribution < -0.4 is 10.8 Å². The highest BCUT2D eigenvalue weighted by molar-refractivity contribution is 5.97. The molecule has 130 valence electrons. The van der Waals surface area contributed by atoms with Gasteiger partial charge in [-0.2, -0.15) is 0 Å². The smallest absolute Gasteiger partial charge is 0.268 e. The number of nitrogens with one attached hydrogen (secondary N) is 2. The van der Waals surface area contributed by atoms with Gasteiger partial charge in [-0.05, 0) is 52.0 Å². The number of carbonyl (C=O) groups excluding carboxylic acids is 2. The first-order valence-corrected chi connectivity index (χ1v) is 7.56. The lowest BCUT2D eigenvalue weighted by Gasteiger charge is -2.30. The number of amides is 2. The topological polar surface area (TPSA) is 76.7 Å². The number of hydrogen-bond acceptors (Lipinski definition) is 4. The number of benzene rings is 1. The van der Waals surface area contributed by atoms with Crippen LogP contribution in [0, 0.1) is 12.3 Å². The molecule has 0 aliphatic rings. The zero-order valence-electron chi connectivity index (χ0n) is 14.7. The Hall–Kier alpha value is -2.36. The molecule has 2 N–H and O–H groups in total. The molecular weight excluding hydrogens is 308 g/mol. The Kier molecular flexibility index (Phi) is 6.96. The second-order valence-electron chi connectivity index (χ2n) is 6.28. The Morgan fingerprint density at radius 1 is 1.21 bits per heavy atom. The summed E-state index contributed by atoms with van der Waals surface area (Å²) in [6.07, 6.45) is 4.73. The molecule has 0 spiro atoms. The van der Waals surface area contributed by atoms with Crippen molar-refractivity contribution in [3.63, 3.8) is 0 Å². The lowest BCUT2D eigenvalue weighted by molar-refractivity contribution is -0.140. The highest BCUT2D eigenvalue weighted by Crippen LogP contribution is 2.14. The fraction of sp³-hybridized carbons (Fsp3) is 0.444. The largest absolute Gasteiger partial charge is 0.370 e. The Labute approximate surface area is 142 Å². The molecule has 0 aliphatic heterocycles. The van der Waals surface area contributed by atoms with E-state index in [1.807, 2.05) is 20.8 Å². The quantitative estimate of drug-likeness (QED) is 0.613. The Balaban J connectivity index is 2.92. The predicted octanol–water partition coefficient (Wildman–Crippen LogP) is 1.65. The van der Waals surface area contributed by atoms with E-state index in [4.69, 9.17) is 11.2 Å². The third-order valence-electron chi connectivity index (χ3n) is 3.09. The van der Waals surface area contributed by atoms with Crippen LogP contribution in [0.4, 0.5) is 0 Å². The van der Waals surface area contributed by atoms with E-state index in [0.29, 0.717) is 11.1 Å². The van der Waals surface area contributed by atoms with Gasteiger partial charge in [0.25, 0.3) is 11.8 Å². The summed E-state index contributed by atoms with van der Waals surface area (Å²) in [5.74, 6) is 1.58. The van der Waals surface area contributed by atoms with E-state index in [0.717, 1.165) is 0 Å². The van der Waals surface area contributed by atoms with Crippen molar-refractivity contribution >= 4 is 11.8 Å². The average molecular weight is 332 g/mol. The van der Waals surface area contributed by atoms with Crippen LogP contribution >= 0.6 is 0 Å². The predicted molar refractivity (Wildman–Crippen MR) is 91.1 cm³/mol. The minimum atomic E-state index is -0.913. The zero-order chi connectivity index (χ0) is 18.3. The van der Waals surface area contributed by atoms with Crippen LogP contribution in [0.25, 0.3) is 0 Å². The minimum Gasteiger partial charge on any atom is -0.370 e. The van der Waals surface area contributed by atoms with Crippen molar-refractivity contribution in [3.05, 3.63) is 35.4 Å². The van der Waals surface area contributed by atoms with E-state index in [1.54, 1.807) is 31.2 Å². The van der Waals surface area contributed by atoms with E-state index in [2.05, 4.69) is 21.6 Å². The molecule has 1 rings (SSSR count). The second-order valence-corrected chi connectivity index (χ2v) is 6.28. The fourth-order valence-electron chi connectivity index (χ4n) is 2.13. The number of rotatable bonds is 6. The second kappa shape index (κ2) is 8.48. The molecule has 0 fully saturated rings. The van der Waals surface area contributed by atoms with Crippen LogP contribution in [0.1, 0.15) is 43.6 Å². The Morgan fingerprint density at radius 3 is 2.25 bits per heavy atom. The van der Waals surface area contributed by atoms with Crippen molar-refractivity contribution in [2.24, 2.45) is 0 Å². The van der Waals surface area contributed by atoms with E-state index in [9.17, 15) is 9.59 Å². The maximum Gasteiger partial charge on any atom is 0.268 e. The van der Waals surface area contributed by atoms with Crippen LogP contribution in [0.15, 0.2) is 24.3 Å². The van der Waals surface area contributed by atoms with Gasteiger partial charge in [-0.15, -0.1) is 6.42 Å². The van der Waals surface area contributed by atoms with E-state index < -0.39 is 29.6 Å². The molecule has 1 aromatic rings. The van der Waals surface area contributed by atoms with Gasteiger partial charge in [0.15, 0.2) is 0 Å². The van der Waals surface area contributed by atoms with Crippen LogP contribution in [0.5, 0.6) is 0 Å². The number of carbonyl (C=O) groups is 2. The van der Waals surface area contributed by atoms with Gasteiger partial charge >= 0.3 is 0 Å². The number of terminal acetylenes is 1. The first-order chi connectivity index (χ1) is 11.2. The zero-order valence-corrected chi connectivity index (χ0v) is 14.7. The van der Waals surface area contributed by atoms with Gasteiger partial charge in [0, 0.05) is 11.1 Å². The summed E-state index contributed by atoms with van der Waals surface area (Å²) < 4.78 is 5.78. The Bertz CT molecular complexity index is 611. The summed E-state index contributed by atoms with van der Waals surface area (Å²) in [7, 11) is 1.32. The molecule has 0 saturated heterocycles. The number of ether oxygens (including phenoxy) is 1. The average Bonchev–Trinajstić information content (AvgIpc) is 2.50. The summed E-state index contributed by atoms with van der Waals surface area (Å²) in [4.78, 5) is 29.2. The molecule has 0 saturated carbocycles. The SMILES string of the molecule is C#Cc1ccc(C(=O)NC(C(=O)NOC)[C@@H](C)OC(C)(C)C)cc1. The standard InChI is InChI=1S/C18H24N2O4/c1-7-13-8-10-14(11-9-13)16(21)19-15(17(22)20-23-6)12(2)24-18(3,4)5/h1,8-12,15H,2-6H3,(H,19,21)(H,20,22)/t12-,15?/m1/s1. The fourth-order valence-corrected chi connectivity index (χ4v) is 2.13. The Morgan fingerprint density at radius 2 is 1.79 bits per heavy atom. The van der Waals surface area contributed by atoms with E-state index in [1.165, 1.54) is 7.11 Å². The summed E-state index contributed by atoms with van der Waals surface area (Å²) in [5, 5.41) is 2.67. The molecule has 0 heterocycles. The molecule has 0 aromatic heterocycles. The summed E-state index contributed by atoms with van der Waals surface area (Å²) in [6.45, 7) is 7.33. The highest BCUT2D eigenvalue weighted by Gasteiger charge is 2.31. The molecule has 0 aliphatic carbocycles. The van der Waals surface area contributed by atoms with Gasteiger partial charge in [-0.1, -0.05) is 5.92 Å². The van der Waals surface area contributed by atoms with Crippen LogP contribution in [-0.4, -0.2) is 36.7 Å². The van der Waals surface area contributed by atoms with Crippen molar-refractivity contribution < 1.29 is 19.2 Å². The van der Waals surface area contributed by atoms with Gasteiger partial charge in [-0.3, -0.25) is 14.4 Å². The molecule has 2 amide bonds. The third-order valence-corrected chi connectivity index (χ3v) is 3.09. The van der Waals surface area contributed by atoms with Gasteiger partial charge in [-0.25, -0.2) is 5.48 Å². The number of hydrogen-bond donors (Lipinski definition) is 2. The van der Waals surface area contributed by atoms with Crippen molar-refractivity contribution in [1.82, 2.24) is 10.8 Å². The lowest BCUT2D eigenvalue weighted by atomic mass is 10.1. The molecule has 6 heteroatoms. The third kappa shape index (κ3) is 6.03. The van der Waals surface area contributed by atoms with Gasteiger partial charge in [0.2, 0.25) is 0 Å². The molecule has 1 aromatic carbocycles. The van der Waals surface area contributed by atoms with Crippen molar-refractivity contribution in [2.75, 3.05) is 7.11 Å². The molecular formula is C18H24N2O4. The van der Waals surface area contributed by atoms with E-state index >= 15 is 0 Å². The maximum absolute atomic E-state index is 12.4. The molecule has 2 atom stereocenters. The molecule has 1 unspecified atom stereocenters. The van der Waals surface area contributed by atoms with Gasteiger partial charge in [0.1, 0.15) is 6.04 Å². The van der Waals surface area contributed by atoms with Crippen molar-refractivity contribution in [1.29, 1.82) is 0 Å². The highest BCUT2D eigenvalue weighted by atomic mass is 16.6. The van der Waals surface area contributed by atoms with Crippen LogP contribution in [0.2, 0.25) is 0 Å². The first-order valence-electron chi connectivity index (χ1n) is 7.56. The summed E-state index contributed by atoms with van der Waals surface area (Å²) in [6, 6.07) is 5.61. The maximum atomic E-state index is 12.4.